The molecule has 0 saturated carbocycles. The van der Waals surface area contributed by atoms with Crippen LogP contribution in [0.4, 0.5) is 11.4 Å². The van der Waals surface area contributed by atoms with E-state index in [1.165, 1.54) is 0 Å². The van der Waals surface area contributed by atoms with Crippen molar-refractivity contribution in [3.05, 3.63) is 95.6 Å². The Morgan fingerprint density at radius 1 is 0.708 bits per heavy atom. The summed E-state index contributed by atoms with van der Waals surface area (Å²) in [7, 11) is -5.76. The number of aliphatic hydroxyl groups excluding tert-OH is 1. The predicted molar refractivity (Wildman–Crippen MR) is 193 cm³/mol. The van der Waals surface area contributed by atoms with Gasteiger partial charge in [0.15, 0.2) is 0 Å². The molecule has 258 valence electrons. The van der Waals surface area contributed by atoms with Crippen LogP contribution in [0.25, 0.3) is 0 Å². The van der Waals surface area contributed by atoms with Crippen molar-refractivity contribution in [3.8, 4) is 0 Å². The fourth-order valence-electron chi connectivity index (χ4n) is 6.95. The van der Waals surface area contributed by atoms with Crippen LogP contribution in [0.5, 0.6) is 0 Å². The zero-order valence-electron chi connectivity index (χ0n) is 29.2. The van der Waals surface area contributed by atoms with Crippen molar-refractivity contribution in [2.75, 3.05) is 17.2 Å². The van der Waals surface area contributed by atoms with Gasteiger partial charge in [-0.05, 0) is 64.1 Å². The maximum absolute atomic E-state index is 13.3. The number of anilines is 2. The van der Waals surface area contributed by atoms with Gasteiger partial charge in [-0.2, -0.15) is 0 Å². The SMILES string of the molecule is CC(C)[Si]1(C(C)C)OC[C@H]2O[C@@H](c3ccc(NC(=O)c4ccccc4)c(NC(=O)c4ccccc4)c3)[C@H](O)[C@@H]2O[Si](C(C)C)(C(C)C)O1. The molecule has 0 radical (unpaired) electrons. The molecule has 3 aromatic carbocycles. The first-order valence-electron chi connectivity index (χ1n) is 17.0. The molecule has 2 fully saturated rings. The third kappa shape index (κ3) is 7.09. The summed E-state index contributed by atoms with van der Waals surface area (Å²) in [6.07, 6.45) is -2.99. The lowest BCUT2D eigenvalue weighted by Gasteiger charge is -2.51. The number of ether oxygens (including phenoxy) is 1. The van der Waals surface area contributed by atoms with Crippen molar-refractivity contribution in [3.63, 3.8) is 0 Å². The minimum atomic E-state index is -2.98. The minimum Gasteiger partial charge on any atom is -0.414 e. The van der Waals surface area contributed by atoms with Gasteiger partial charge in [-0.25, -0.2) is 0 Å². The molecular weight excluding hydrogens is 641 g/mol. The Morgan fingerprint density at radius 2 is 1.21 bits per heavy atom. The number of rotatable bonds is 9. The lowest BCUT2D eigenvalue weighted by molar-refractivity contribution is -0.0390. The fraction of sp³-hybridized carbons (Fsp3) is 0.459. The van der Waals surface area contributed by atoms with E-state index in [9.17, 15) is 14.7 Å². The van der Waals surface area contributed by atoms with Gasteiger partial charge < -0.3 is 33.4 Å². The van der Waals surface area contributed by atoms with E-state index in [1.807, 2.05) is 12.1 Å². The highest BCUT2D eigenvalue weighted by Crippen LogP contribution is 2.49. The maximum atomic E-state index is 13.3. The van der Waals surface area contributed by atoms with Gasteiger partial charge in [0.1, 0.15) is 24.4 Å². The minimum absolute atomic E-state index is 0.0998. The van der Waals surface area contributed by atoms with E-state index in [-0.39, 0.29) is 40.6 Å². The number of carbonyl (C=O) groups is 2. The highest BCUT2D eigenvalue weighted by molar-refractivity contribution is 6.84. The number of amides is 2. The lowest BCUT2D eigenvalue weighted by atomic mass is 10.00. The van der Waals surface area contributed by atoms with Gasteiger partial charge in [0.05, 0.1) is 18.0 Å². The van der Waals surface area contributed by atoms with Gasteiger partial charge in [-0.15, -0.1) is 0 Å². The summed E-state index contributed by atoms with van der Waals surface area (Å²) in [5.74, 6) is -0.647. The molecule has 4 atom stereocenters. The molecule has 9 nitrogen and oxygen atoms in total. The van der Waals surface area contributed by atoms with Gasteiger partial charge in [0.25, 0.3) is 11.8 Å². The third-order valence-corrected chi connectivity index (χ3v) is 19.9. The summed E-state index contributed by atoms with van der Waals surface area (Å²) < 4.78 is 27.9. The van der Waals surface area contributed by atoms with Crippen LogP contribution in [0.2, 0.25) is 22.2 Å². The van der Waals surface area contributed by atoms with Crippen LogP contribution in [0.1, 0.15) is 87.8 Å². The van der Waals surface area contributed by atoms with Crippen molar-refractivity contribution < 1.29 is 32.4 Å². The monoisotopic (exact) mass is 690 g/mol. The molecule has 3 N–H and O–H groups in total. The van der Waals surface area contributed by atoms with Crippen LogP contribution >= 0.6 is 0 Å². The zero-order chi connectivity index (χ0) is 34.8. The molecule has 48 heavy (non-hydrogen) atoms. The number of benzene rings is 3. The number of nitrogens with one attached hydrogen (secondary N) is 2. The van der Waals surface area contributed by atoms with Crippen molar-refractivity contribution >= 4 is 40.3 Å². The number of fused-ring (bicyclic) bond motifs is 1. The number of hydrogen-bond donors (Lipinski definition) is 3. The summed E-state index contributed by atoms with van der Waals surface area (Å²) in [5.41, 5.74) is 2.94. The first-order valence-corrected chi connectivity index (χ1v) is 21.0. The Kier molecular flexibility index (Phi) is 11.1. The number of aliphatic hydroxyl groups is 1. The second-order valence-corrected chi connectivity index (χ2v) is 22.9. The largest absolute Gasteiger partial charge is 0.414 e. The van der Waals surface area contributed by atoms with Crippen LogP contribution in [0.3, 0.4) is 0 Å². The average Bonchev–Trinajstić information content (AvgIpc) is 3.35. The topological polar surface area (TPSA) is 115 Å². The van der Waals surface area contributed by atoms with Crippen molar-refractivity contribution in [1.82, 2.24) is 0 Å². The molecule has 2 heterocycles. The normalized spacial score (nSPS) is 23.5. The Bertz CT molecular complexity index is 1550. The van der Waals surface area contributed by atoms with Crippen LogP contribution in [-0.2, 0) is 17.7 Å². The third-order valence-electron chi connectivity index (χ3n) is 9.61. The highest BCUT2D eigenvalue weighted by atomic mass is 28.5. The standard InChI is InChI=1S/C37H50N2O7Si2/c1-23(2)47(24(3)4)43-22-32-35(45-48(46-47,25(5)6)26(7)8)33(40)34(44-32)29-19-20-30(38-36(41)27-15-11-9-12-16-27)31(21-29)39-37(42)28-17-13-10-14-18-28/h9-21,23-26,32-35,40H,22H2,1-8H3,(H,38,41)(H,39,42)/t32-,33+,34+,35-/m1/s1. The second kappa shape index (κ2) is 14.8. The highest BCUT2D eigenvalue weighted by Gasteiger charge is 2.61. The molecule has 5 rings (SSSR count). The number of carbonyl (C=O) groups excluding carboxylic acids is 2. The van der Waals surface area contributed by atoms with Gasteiger partial charge in [0, 0.05) is 11.1 Å². The molecule has 11 heteroatoms. The predicted octanol–water partition coefficient (Wildman–Crippen LogP) is 7.95. The van der Waals surface area contributed by atoms with E-state index in [2.05, 4.69) is 66.0 Å². The summed E-state index contributed by atoms with van der Waals surface area (Å²) in [6, 6.07) is 23.0. The zero-order valence-corrected chi connectivity index (χ0v) is 31.2. The second-order valence-electron chi connectivity index (χ2n) is 14.1. The molecule has 0 aromatic heterocycles. The van der Waals surface area contributed by atoms with Gasteiger partial charge >= 0.3 is 17.1 Å². The van der Waals surface area contributed by atoms with Crippen LogP contribution in [0, 0.1) is 0 Å². The fourth-order valence-corrected chi connectivity index (χ4v) is 18.2. The first-order chi connectivity index (χ1) is 22.8. The van der Waals surface area contributed by atoms with Gasteiger partial charge in [-0.3, -0.25) is 9.59 Å². The van der Waals surface area contributed by atoms with E-state index >= 15 is 0 Å². The van der Waals surface area contributed by atoms with E-state index in [1.54, 1.807) is 66.7 Å². The van der Waals surface area contributed by atoms with Crippen LogP contribution in [0.15, 0.2) is 78.9 Å². The molecule has 2 aliphatic heterocycles. The summed E-state index contributed by atoms with van der Waals surface area (Å²) in [6.45, 7) is 17.5. The lowest BCUT2D eigenvalue weighted by Crippen LogP contribution is -2.65. The van der Waals surface area contributed by atoms with Gasteiger partial charge in [-0.1, -0.05) is 97.9 Å². The van der Waals surface area contributed by atoms with E-state index in [0.29, 0.717) is 28.1 Å². The van der Waals surface area contributed by atoms with Crippen molar-refractivity contribution in [2.24, 2.45) is 0 Å². The van der Waals surface area contributed by atoms with Crippen LogP contribution in [-0.4, -0.2) is 59.0 Å². The Balaban J connectivity index is 1.51. The molecule has 0 bridgehead atoms. The van der Waals surface area contributed by atoms with Gasteiger partial charge in [0.2, 0.25) is 0 Å². The Hall–Kier alpha value is -3.17. The van der Waals surface area contributed by atoms with Crippen LogP contribution < -0.4 is 10.6 Å². The first kappa shape index (κ1) is 36.1. The molecule has 0 aliphatic carbocycles. The summed E-state index contributed by atoms with van der Waals surface area (Å²) in [4.78, 5) is 26.5. The molecule has 2 amide bonds. The van der Waals surface area contributed by atoms with Crippen molar-refractivity contribution in [1.29, 1.82) is 0 Å². The Morgan fingerprint density at radius 3 is 1.71 bits per heavy atom. The van der Waals surface area contributed by atoms with E-state index < -0.39 is 41.5 Å². The van der Waals surface area contributed by atoms with E-state index in [4.69, 9.17) is 17.7 Å². The molecule has 3 aromatic rings. The molecule has 0 unspecified atom stereocenters. The average molecular weight is 691 g/mol. The smallest absolute Gasteiger partial charge is 0.335 e. The molecule has 0 spiro atoms. The quantitative estimate of drug-likeness (QED) is 0.195. The summed E-state index contributed by atoms with van der Waals surface area (Å²) >= 11 is 0. The van der Waals surface area contributed by atoms with E-state index in [0.717, 1.165) is 0 Å². The Labute approximate surface area is 286 Å². The summed E-state index contributed by atoms with van der Waals surface area (Å²) in [5, 5.41) is 17.8. The molecule has 2 saturated heterocycles. The molecular formula is C37H50N2O7Si2. The molecule has 2 aliphatic rings. The number of hydrogen-bond acceptors (Lipinski definition) is 7. The van der Waals surface area contributed by atoms with Crippen molar-refractivity contribution in [2.45, 2.75) is 102 Å². The maximum Gasteiger partial charge on any atom is 0.335 e.